The quantitative estimate of drug-likeness (QED) is 0.921. The van der Waals surface area contributed by atoms with Crippen LogP contribution in [0.15, 0.2) is 41.5 Å². The first-order chi connectivity index (χ1) is 11.5. The van der Waals surface area contributed by atoms with E-state index >= 15 is 0 Å². The van der Waals surface area contributed by atoms with Gasteiger partial charge in [0.2, 0.25) is 0 Å². The molecule has 6 heteroatoms. The van der Waals surface area contributed by atoms with E-state index in [-0.39, 0.29) is 5.82 Å². The zero-order valence-electron chi connectivity index (χ0n) is 13.8. The third-order valence-electron chi connectivity index (χ3n) is 4.25. The summed E-state index contributed by atoms with van der Waals surface area (Å²) in [5.74, 6) is 1.31. The zero-order chi connectivity index (χ0) is 17.2. The molecule has 2 heterocycles. The van der Waals surface area contributed by atoms with E-state index in [1.54, 1.807) is 19.4 Å². The van der Waals surface area contributed by atoms with Crippen LogP contribution < -0.4 is 10.5 Å². The second-order valence-electron chi connectivity index (χ2n) is 5.97. The molecule has 2 aromatic rings. The molecule has 0 saturated heterocycles. The number of hydrogen-bond donors (Lipinski definition) is 1. The summed E-state index contributed by atoms with van der Waals surface area (Å²) in [6.45, 7) is 1.93. The first-order valence-electron chi connectivity index (χ1n) is 7.77. The number of benzene rings is 1. The summed E-state index contributed by atoms with van der Waals surface area (Å²) in [7, 11) is 1.62. The number of amidine groups is 1. The van der Waals surface area contributed by atoms with Gasteiger partial charge in [0, 0.05) is 23.9 Å². The molecule has 0 bridgehead atoms. The lowest BCUT2D eigenvalue weighted by molar-refractivity contribution is 0.408. The lowest BCUT2D eigenvalue weighted by Gasteiger charge is -2.30. The van der Waals surface area contributed by atoms with Crippen LogP contribution in [-0.4, -0.2) is 23.0 Å². The zero-order valence-corrected chi connectivity index (χ0v) is 14.6. The molecular weight excluding hydrogens is 325 g/mol. The lowest BCUT2D eigenvalue weighted by atomic mass is 9.87. The molecule has 0 aliphatic carbocycles. The summed E-state index contributed by atoms with van der Waals surface area (Å²) in [5, 5.41) is 0.514. The standard InChI is InChI=1S/C18H20FN3OS/c1-18(7-9-24-17(20)22-18)13-10-12(5-6-14(13)19)11-15-16(23-2)4-3-8-21-15/h3-6,8,10H,7,9,11H2,1-2H3,(H2,20,22)/t18-/m0/s1. The molecule has 4 nitrogen and oxygen atoms in total. The molecule has 1 aliphatic rings. The topological polar surface area (TPSA) is 60.5 Å². The molecule has 0 amide bonds. The number of aromatic nitrogens is 1. The average Bonchev–Trinajstić information content (AvgIpc) is 2.57. The molecule has 1 aromatic heterocycles. The van der Waals surface area contributed by atoms with Gasteiger partial charge in [-0.1, -0.05) is 23.9 Å². The van der Waals surface area contributed by atoms with Gasteiger partial charge in [0.05, 0.1) is 18.3 Å². The van der Waals surface area contributed by atoms with Crippen LogP contribution in [0.3, 0.4) is 0 Å². The normalized spacial score (nSPS) is 20.5. The third-order valence-corrected chi connectivity index (χ3v) is 5.04. The van der Waals surface area contributed by atoms with Crippen LogP contribution in [0.1, 0.15) is 30.2 Å². The molecular formula is C18H20FN3OS. The van der Waals surface area contributed by atoms with Crippen LogP contribution in [0.25, 0.3) is 0 Å². The van der Waals surface area contributed by atoms with Crippen molar-refractivity contribution in [2.75, 3.05) is 12.9 Å². The number of hydrogen-bond acceptors (Lipinski definition) is 5. The van der Waals surface area contributed by atoms with Gasteiger partial charge in [-0.2, -0.15) is 0 Å². The SMILES string of the molecule is COc1cccnc1Cc1ccc(F)c([C@]2(C)CCSC(N)=N2)c1. The summed E-state index contributed by atoms with van der Waals surface area (Å²) >= 11 is 1.51. The maximum Gasteiger partial charge on any atom is 0.154 e. The van der Waals surface area contributed by atoms with E-state index in [9.17, 15) is 4.39 Å². The molecule has 126 valence electrons. The van der Waals surface area contributed by atoms with Crippen molar-refractivity contribution >= 4 is 16.9 Å². The van der Waals surface area contributed by atoms with Crippen molar-refractivity contribution in [1.82, 2.24) is 4.98 Å². The minimum Gasteiger partial charge on any atom is -0.495 e. The molecule has 24 heavy (non-hydrogen) atoms. The Labute approximate surface area is 145 Å². The first-order valence-corrected chi connectivity index (χ1v) is 8.75. The Balaban J connectivity index is 1.96. The van der Waals surface area contributed by atoms with E-state index in [1.807, 2.05) is 25.1 Å². The maximum atomic E-state index is 14.5. The highest BCUT2D eigenvalue weighted by Crippen LogP contribution is 2.37. The van der Waals surface area contributed by atoms with E-state index in [2.05, 4.69) is 9.98 Å². The van der Waals surface area contributed by atoms with Crippen molar-refractivity contribution in [3.05, 3.63) is 59.2 Å². The van der Waals surface area contributed by atoms with Gasteiger partial charge in [0.1, 0.15) is 11.6 Å². The number of pyridine rings is 1. The van der Waals surface area contributed by atoms with E-state index in [1.165, 1.54) is 17.8 Å². The molecule has 3 rings (SSSR count). The molecule has 0 fully saturated rings. The Morgan fingerprint density at radius 3 is 2.96 bits per heavy atom. The molecule has 0 spiro atoms. The van der Waals surface area contributed by atoms with Crippen molar-refractivity contribution in [3.8, 4) is 5.75 Å². The fourth-order valence-corrected chi connectivity index (χ4v) is 3.89. The van der Waals surface area contributed by atoms with Crippen molar-refractivity contribution in [2.24, 2.45) is 10.7 Å². The predicted molar refractivity (Wildman–Crippen MR) is 96.0 cm³/mol. The Morgan fingerprint density at radius 2 is 2.21 bits per heavy atom. The van der Waals surface area contributed by atoms with Gasteiger partial charge in [-0.15, -0.1) is 0 Å². The predicted octanol–water partition coefficient (Wildman–Crippen LogP) is 3.49. The van der Waals surface area contributed by atoms with Crippen LogP contribution in [-0.2, 0) is 12.0 Å². The second-order valence-corrected chi connectivity index (χ2v) is 7.08. The van der Waals surface area contributed by atoms with Crippen molar-refractivity contribution in [1.29, 1.82) is 0 Å². The second kappa shape index (κ2) is 6.81. The lowest BCUT2D eigenvalue weighted by Crippen LogP contribution is -2.29. The molecule has 0 unspecified atom stereocenters. The average molecular weight is 345 g/mol. The van der Waals surface area contributed by atoms with Crippen LogP contribution >= 0.6 is 11.8 Å². The summed E-state index contributed by atoms with van der Waals surface area (Å²) < 4.78 is 19.8. The number of thioether (sulfide) groups is 1. The fraction of sp³-hybridized carbons (Fsp3) is 0.333. The van der Waals surface area contributed by atoms with E-state index in [0.717, 1.165) is 29.2 Å². The number of rotatable bonds is 4. The van der Waals surface area contributed by atoms with Gasteiger partial charge in [-0.25, -0.2) is 4.39 Å². The van der Waals surface area contributed by atoms with Gasteiger partial charge in [-0.05, 0) is 37.1 Å². The van der Waals surface area contributed by atoms with Gasteiger partial charge >= 0.3 is 0 Å². The Hall–Kier alpha value is -2.08. The van der Waals surface area contributed by atoms with Crippen molar-refractivity contribution < 1.29 is 9.13 Å². The number of ether oxygens (including phenoxy) is 1. The van der Waals surface area contributed by atoms with Crippen LogP contribution in [0, 0.1) is 5.82 Å². The third kappa shape index (κ3) is 3.38. The smallest absolute Gasteiger partial charge is 0.154 e. The fourth-order valence-electron chi connectivity index (χ4n) is 2.91. The van der Waals surface area contributed by atoms with Crippen LogP contribution in [0.2, 0.25) is 0 Å². The van der Waals surface area contributed by atoms with Gasteiger partial charge in [-0.3, -0.25) is 9.98 Å². The van der Waals surface area contributed by atoms with E-state index in [0.29, 0.717) is 17.2 Å². The maximum absolute atomic E-state index is 14.5. The molecule has 1 aliphatic heterocycles. The Morgan fingerprint density at radius 1 is 1.38 bits per heavy atom. The molecule has 0 saturated carbocycles. The minimum atomic E-state index is -0.621. The Kier molecular flexibility index (Phi) is 4.76. The summed E-state index contributed by atoms with van der Waals surface area (Å²) in [6.07, 6.45) is 3.06. The van der Waals surface area contributed by atoms with Gasteiger partial charge in [0.15, 0.2) is 5.17 Å². The molecule has 0 radical (unpaired) electrons. The van der Waals surface area contributed by atoms with Crippen molar-refractivity contribution in [3.63, 3.8) is 0 Å². The van der Waals surface area contributed by atoms with E-state index in [4.69, 9.17) is 10.5 Å². The van der Waals surface area contributed by atoms with Crippen LogP contribution in [0.4, 0.5) is 4.39 Å². The molecule has 1 aromatic carbocycles. The monoisotopic (exact) mass is 345 g/mol. The summed E-state index contributed by atoms with van der Waals surface area (Å²) in [4.78, 5) is 8.87. The van der Waals surface area contributed by atoms with Gasteiger partial charge in [0.25, 0.3) is 0 Å². The van der Waals surface area contributed by atoms with Crippen molar-refractivity contribution in [2.45, 2.75) is 25.3 Å². The number of halogens is 1. The highest BCUT2D eigenvalue weighted by molar-refractivity contribution is 8.13. The number of methoxy groups -OCH3 is 1. The Bertz CT molecular complexity index is 781. The summed E-state index contributed by atoms with van der Waals surface area (Å²) in [6, 6.07) is 8.85. The number of nitrogens with two attached hydrogens (primary N) is 1. The molecule has 1 atom stereocenters. The first kappa shape index (κ1) is 16.8. The highest BCUT2D eigenvalue weighted by Gasteiger charge is 2.32. The number of aliphatic imine (C=N–C) groups is 1. The van der Waals surface area contributed by atoms with Crippen LogP contribution in [0.5, 0.6) is 5.75 Å². The van der Waals surface area contributed by atoms with E-state index < -0.39 is 5.54 Å². The summed E-state index contributed by atoms with van der Waals surface area (Å²) in [5.41, 5.74) is 7.61. The largest absolute Gasteiger partial charge is 0.495 e. The van der Waals surface area contributed by atoms with Gasteiger partial charge < -0.3 is 10.5 Å². The molecule has 2 N–H and O–H groups in total. The minimum absolute atomic E-state index is 0.252. The number of nitrogens with zero attached hydrogens (tertiary/aromatic N) is 2. The highest BCUT2D eigenvalue weighted by atomic mass is 32.2.